The molecule has 0 bridgehead atoms. The molecule has 3 aromatic rings. The van der Waals surface area contributed by atoms with E-state index in [0.29, 0.717) is 12.4 Å². The van der Waals surface area contributed by atoms with Crippen molar-refractivity contribution in [2.45, 2.75) is 26.9 Å². The van der Waals surface area contributed by atoms with E-state index < -0.39 is 0 Å². The third-order valence-electron chi connectivity index (χ3n) is 3.90. The molecule has 0 aromatic heterocycles. The molecule has 0 aliphatic carbocycles. The topological polar surface area (TPSA) is 35.5 Å². The molecule has 3 aromatic carbocycles. The van der Waals surface area contributed by atoms with Crippen LogP contribution in [0.15, 0.2) is 60.7 Å². The summed E-state index contributed by atoms with van der Waals surface area (Å²) in [7, 11) is 0. The average Bonchev–Trinajstić information content (AvgIpc) is 2.61. The second-order valence-electron chi connectivity index (χ2n) is 5.63. The predicted molar refractivity (Wildman–Crippen MR) is 95.4 cm³/mol. The van der Waals surface area contributed by atoms with Crippen molar-refractivity contribution >= 4 is 16.7 Å². The maximum absolute atomic E-state index is 11.5. The van der Waals surface area contributed by atoms with Crippen LogP contribution in [0.25, 0.3) is 10.8 Å². The molecular weight excluding hydrogens is 300 g/mol. The fraction of sp³-hybridized carbons (Fsp3) is 0.190. The second-order valence-corrected chi connectivity index (χ2v) is 5.63. The lowest BCUT2D eigenvalue weighted by molar-refractivity contribution is -0.131. The van der Waals surface area contributed by atoms with Gasteiger partial charge in [0, 0.05) is 17.7 Å². The highest BCUT2D eigenvalue weighted by Gasteiger charge is 2.14. The van der Waals surface area contributed by atoms with E-state index in [-0.39, 0.29) is 5.97 Å². The van der Waals surface area contributed by atoms with Gasteiger partial charge < -0.3 is 9.47 Å². The standard InChI is InChI=1S/C21H20O3/c1-3-17-13-20(23-14-16-9-5-4-6-10-16)18-11-7-8-12-19(18)21(17)24-15(2)22/h4-13H,3,14H2,1-2H3. The van der Waals surface area contributed by atoms with E-state index in [4.69, 9.17) is 9.47 Å². The third kappa shape index (κ3) is 3.40. The van der Waals surface area contributed by atoms with Gasteiger partial charge in [0.05, 0.1) is 0 Å². The van der Waals surface area contributed by atoms with E-state index in [2.05, 4.69) is 0 Å². The molecule has 0 spiro atoms. The monoisotopic (exact) mass is 320 g/mol. The molecule has 3 heteroatoms. The zero-order valence-electron chi connectivity index (χ0n) is 13.9. The normalized spacial score (nSPS) is 10.6. The Morgan fingerprint density at radius 1 is 0.958 bits per heavy atom. The van der Waals surface area contributed by atoms with Crippen molar-refractivity contribution < 1.29 is 14.3 Å². The molecule has 122 valence electrons. The molecule has 3 nitrogen and oxygen atoms in total. The summed E-state index contributed by atoms with van der Waals surface area (Å²) < 4.78 is 11.5. The minimum absolute atomic E-state index is 0.312. The highest BCUT2D eigenvalue weighted by atomic mass is 16.5. The SMILES string of the molecule is CCc1cc(OCc2ccccc2)c2ccccc2c1OC(C)=O. The predicted octanol–water partition coefficient (Wildman–Crippen LogP) is 4.91. The minimum Gasteiger partial charge on any atom is -0.488 e. The van der Waals surface area contributed by atoms with E-state index in [1.807, 2.05) is 67.6 Å². The van der Waals surface area contributed by atoms with Gasteiger partial charge in [0.2, 0.25) is 0 Å². The molecule has 24 heavy (non-hydrogen) atoms. The van der Waals surface area contributed by atoms with Crippen LogP contribution in [0.4, 0.5) is 0 Å². The summed E-state index contributed by atoms with van der Waals surface area (Å²) in [6, 6.07) is 19.9. The summed E-state index contributed by atoms with van der Waals surface area (Å²) >= 11 is 0. The molecule has 0 atom stereocenters. The quantitative estimate of drug-likeness (QED) is 0.495. The molecule has 0 saturated heterocycles. The van der Waals surface area contributed by atoms with Gasteiger partial charge in [0.15, 0.2) is 0 Å². The minimum atomic E-state index is -0.312. The first-order valence-corrected chi connectivity index (χ1v) is 8.08. The number of carbonyl (C=O) groups excluding carboxylic acids is 1. The van der Waals surface area contributed by atoms with Crippen LogP contribution < -0.4 is 9.47 Å². The van der Waals surface area contributed by atoms with Gasteiger partial charge >= 0.3 is 5.97 Å². The van der Waals surface area contributed by atoms with Gasteiger partial charge in [-0.3, -0.25) is 4.79 Å². The van der Waals surface area contributed by atoms with Crippen molar-refractivity contribution in [2.24, 2.45) is 0 Å². The highest BCUT2D eigenvalue weighted by Crippen LogP contribution is 2.37. The Kier molecular flexibility index (Phi) is 4.80. The lowest BCUT2D eigenvalue weighted by atomic mass is 10.0. The molecule has 0 saturated carbocycles. The molecule has 3 rings (SSSR count). The molecule has 0 aliphatic heterocycles. The Labute approximate surface area is 141 Å². The van der Waals surface area contributed by atoms with Crippen LogP contribution in [0.1, 0.15) is 25.0 Å². The Morgan fingerprint density at radius 3 is 2.29 bits per heavy atom. The summed E-state index contributed by atoms with van der Waals surface area (Å²) in [6.07, 6.45) is 0.759. The van der Waals surface area contributed by atoms with E-state index in [0.717, 1.165) is 34.1 Å². The summed E-state index contributed by atoms with van der Waals surface area (Å²) in [6.45, 7) is 3.97. The Hall–Kier alpha value is -2.81. The summed E-state index contributed by atoms with van der Waals surface area (Å²) in [5.74, 6) is 1.13. The number of esters is 1. The number of hydrogen-bond donors (Lipinski definition) is 0. The van der Waals surface area contributed by atoms with Crippen LogP contribution in [-0.2, 0) is 17.8 Å². The molecule has 0 heterocycles. The number of fused-ring (bicyclic) bond motifs is 1. The number of carbonyl (C=O) groups is 1. The number of benzene rings is 3. The summed E-state index contributed by atoms with van der Waals surface area (Å²) in [5.41, 5.74) is 2.08. The van der Waals surface area contributed by atoms with Crippen LogP contribution in [0.2, 0.25) is 0 Å². The van der Waals surface area contributed by atoms with E-state index in [1.54, 1.807) is 0 Å². The van der Waals surface area contributed by atoms with Gasteiger partial charge in [0.25, 0.3) is 0 Å². The molecule has 0 fully saturated rings. The van der Waals surface area contributed by atoms with Gasteiger partial charge in [0.1, 0.15) is 18.1 Å². The Morgan fingerprint density at radius 2 is 1.62 bits per heavy atom. The van der Waals surface area contributed by atoms with Crippen LogP contribution in [-0.4, -0.2) is 5.97 Å². The van der Waals surface area contributed by atoms with Crippen molar-refractivity contribution in [1.82, 2.24) is 0 Å². The molecule has 0 amide bonds. The van der Waals surface area contributed by atoms with Gasteiger partial charge in [-0.15, -0.1) is 0 Å². The number of ether oxygens (including phenoxy) is 2. The summed E-state index contributed by atoms with van der Waals surface area (Å²) in [4.78, 5) is 11.5. The molecule has 0 aliphatic rings. The molecule has 0 radical (unpaired) electrons. The number of aryl methyl sites for hydroxylation is 1. The fourth-order valence-corrected chi connectivity index (χ4v) is 2.75. The fourth-order valence-electron chi connectivity index (χ4n) is 2.75. The van der Waals surface area contributed by atoms with Crippen molar-refractivity contribution in [3.8, 4) is 11.5 Å². The van der Waals surface area contributed by atoms with Gasteiger partial charge in [-0.25, -0.2) is 0 Å². The maximum Gasteiger partial charge on any atom is 0.308 e. The van der Waals surface area contributed by atoms with Crippen molar-refractivity contribution in [1.29, 1.82) is 0 Å². The number of hydrogen-bond acceptors (Lipinski definition) is 3. The Balaban J connectivity index is 2.03. The number of rotatable bonds is 5. The van der Waals surface area contributed by atoms with Crippen LogP contribution in [0.3, 0.4) is 0 Å². The maximum atomic E-state index is 11.5. The lowest BCUT2D eigenvalue weighted by Crippen LogP contribution is -2.05. The summed E-state index contributed by atoms with van der Waals surface area (Å²) in [5, 5.41) is 1.84. The largest absolute Gasteiger partial charge is 0.488 e. The van der Waals surface area contributed by atoms with E-state index in [9.17, 15) is 4.79 Å². The van der Waals surface area contributed by atoms with Crippen molar-refractivity contribution in [2.75, 3.05) is 0 Å². The van der Waals surface area contributed by atoms with Crippen LogP contribution in [0.5, 0.6) is 11.5 Å². The molecule has 0 unspecified atom stereocenters. The van der Waals surface area contributed by atoms with Gasteiger partial charge in [-0.2, -0.15) is 0 Å². The van der Waals surface area contributed by atoms with Gasteiger partial charge in [-0.05, 0) is 23.6 Å². The van der Waals surface area contributed by atoms with E-state index >= 15 is 0 Å². The van der Waals surface area contributed by atoms with Crippen LogP contribution >= 0.6 is 0 Å². The lowest BCUT2D eigenvalue weighted by Gasteiger charge is -2.16. The first-order chi connectivity index (χ1) is 11.7. The first-order valence-electron chi connectivity index (χ1n) is 8.08. The smallest absolute Gasteiger partial charge is 0.308 e. The van der Waals surface area contributed by atoms with E-state index in [1.165, 1.54) is 6.92 Å². The van der Waals surface area contributed by atoms with Crippen molar-refractivity contribution in [3.05, 3.63) is 71.8 Å². The zero-order valence-corrected chi connectivity index (χ0v) is 13.9. The van der Waals surface area contributed by atoms with Gasteiger partial charge in [-0.1, -0.05) is 61.5 Å². The molecular formula is C21H20O3. The highest BCUT2D eigenvalue weighted by molar-refractivity contribution is 5.96. The average molecular weight is 320 g/mol. The third-order valence-corrected chi connectivity index (χ3v) is 3.90. The Bertz CT molecular complexity index is 854. The first kappa shape index (κ1) is 16.1. The second kappa shape index (κ2) is 7.18. The zero-order chi connectivity index (χ0) is 16.9. The van der Waals surface area contributed by atoms with Crippen LogP contribution in [0, 0.1) is 0 Å². The van der Waals surface area contributed by atoms with Crippen molar-refractivity contribution in [3.63, 3.8) is 0 Å². The molecule has 0 N–H and O–H groups in total.